The van der Waals surface area contributed by atoms with Gasteiger partial charge in [0.05, 0.1) is 6.10 Å². The van der Waals surface area contributed by atoms with Crippen molar-refractivity contribution in [1.82, 2.24) is 10.6 Å². The van der Waals surface area contributed by atoms with E-state index in [9.17, 15) is 4.79 Å². The van der Waals surface area contributed by atoms with Crippen LogP contribution in [0.2, 0.25) is 0 Å². The van der Waals surface area contributed by atoms with Crippen molar-refractivity contribution in [3.63, 3.8) is 0 Å². The Kier molecular flexibility index (Phi) is 5.87. The number of rotatable bonds is 6. The molecule has 1 heterocycles. The minimum Gasteiger partial charge on any atom is -0.378 e. The van der Waals surface area contributed by atoms with E-state index in [2.05, 4.69) is 39.8 Å². The molecular formula is C16H25N3O2. The van der Waals surface area contributed by atoms with Gasteiger partial charge in [0.15, 0.2) is 0 Å². The van der Waals surface area contributed by atoms with E-state index in [-0.39, 0.29) is 12.1 Å². The Morgan fingerprint density at radius 1 is 1.29 bits per heavy atom. The van der Waals surface area contributed by atoms with Crippen LogP contribution in [-0.4, -0.2) is 45.9 Å². The molecule has 116 valence electrons. The molecule has 2 amide bonds. The first-order valence-corrected chi connectivity index (χ1v) is 7.55. The monoisotopic (exact) mass is 291 g/mol. The summed E-state index contributed by atoms with van der Waals surface area (Å²) in [5.41, 5.74) is 2.40. The summed E-state index contributed by atoms with van der Waals surface area (Å²) in [5, 5.41) is 5.73. The average Bonchev–Trinajstić information content (AvgIpc) is 2.99. The lowest BCUT2D eigenvalue weighted by Crippen LogP contribution is -2.40. The van der Waals surface area contributed by atoms with E-state index in [4.69, 9.17) is 4.74 Å². The van der Waals surface area contributed by atoms with Crippen LogP contribution >= 0.6 is 0 Å². The highest BCUT2D eigenvalue weighted by Crippen LogP contribution is 2.12. The van der Waals surface area contributed by atoms with Gasteiger partial charge in [-0.15, -0.1) is 0 Å². The average molecular weight is 291 g/mol. The SMILES string of the molecule is CN(C)c1ccc(CCNC(=O)NC[C@@H]2CCCO2)cc1. The molecule has 0 aromatic heterocycles. The van der Waals surface area contributed by atoms with Crippen molar-refractivity contribution in [3.05, 3.63) is 29.8 Å². The Bertz CT molecular complexity index is 439. The zero-order valence-electron chi connectivity index (χ0n) is 12.9. The van der Waals surface area contributed by atoms with Crippen molar-refractivity contribution in [1.29, 1.82) is 0 Å². The van der Waals surface area contributed by atoms with Crippen LogP contribution in [0.25, 0.3) is 0 Å². The molecule has 21 heavy (non-hydrogen) atoms. The third-order valence-corrected chi connectivity index (χ3v) is 3.67. The first-order chi connectivity index (χ1) is 10.1. The molecule has 2 rings (SSSR count). The number of nitrogens with one attached hydrogen (secondary N) is 2. The highest BCUT2D eigenvalue weighted by Gasteiger charge is 2.15. The van der Waals surface area contributed by atoms with Crippen LogP contribution < -0.4 is 15.5 Å². The summed E-state index contributed by atoms with van der Waals surface area (Å²) in [6.07, 6.45) is 3.16. The number of ether oxygens (including phenoxy) is 1. The summed E-state index contributed by atoms with van der Waals surface area (Å²) in [4.78, 5) is 13.7. The van der Waals surface area contributed by atoms with Crippen molar-refractivity contribution >= 4 is 11.7 Å². The Morgan fingerprint density at radius 3 is 2.67 bits per heavy atom. The smallest absolute Gasteiger partial charge is 0.314 e. The van der Waals surface area contributed by atoms with E-state index in [1.54, 1.807) is 0 Å². The summed E-state index contributed by atoms with van der Waals surface area (Å²) in [7, 11) is 4.05. The maximum atomic E-state index is 11.6. The maximum Gasteiger partial charge on any atom is 0.314 e. The predicted molar refractivity (Wildman–Crippen MR) is 84.8 cm³/mol. The number of carbonyl (C=O) groups is 1. The van der Waals surface area contributed by atoms with Crippen LogP contribution in [0.5, 0.6) is 0 Å². The largest absolute Gasteiger partial charge is 0.378 e. The molecule has 0 aliphatic carbocycles. The molecule has 1 fully saturated rings. The number of hydrogen-bond acceptors (Lipinski definition) is 3. The number of amides is 2. The van der Waals surface area contributed by atoms with Gasteiger partial charge in [-0.3, -0.25) is 0 Å². The molecule has 1 aromatic carbocycles. The molecule has 1 aromatic rings. The van der Waals surface area contributed by atoms with Gasteiger partial charge >= 0.3 is 6.03 Å². The Balaban J connectivity index is 1.62. The molecule has 0 bridgehead atoms. The minimum atomic E-state index is -0.115. The van der Waals surface area contributed by atoms with Crippen molar-refractivity contribution in [2.45, 2.75) is 25.4 Å². The van der Waals surface area contributed by atoms with Gasteiger partial charge in [-0.25, -0.2) is 4.79 Å². The third kappa shape index (κ3) is 5.27. The van der Waals surface area contributed by atoms with Crippen molar-refractivity contribution < 1.29 is 9.53 Å². The third-order valence-electron chi connectivity index (χ3n) is 3.67. The lowest BCUT2D eigenvalue weighted by atomic mass is 10.1. The van der Waals surface area contributed by atoms with E-state index >= 15 is 0 Å². The molecule has 1 atom stereocenters. The lowest BCUT2D eigenvalue weighted by molar-refractivity contribution is 0.111. The van der Waals surface area contributed by atoms with Gasteiger partial charge in [0.2, 0.25) is 0 Å². The number of carbonyl (C=O) groups excluding carboxylic acids is 1. The molecule has 2 N–H and O–H groups in total. The maximum absolute atomic E-state index is 11.6. The number of benzene rings is 1. The zero-order chi connectivity index (χ0) is 15.1. The highest BCUT2D eigenvalue weighted by molar-refractivity contribution is 5.73. The van der Waals surface area contributed by atoms with Crippen LogP contribution in [0.3, 0.4) is 0 Å². The van der Waals surface area contributed by atoms with Crippen LogP contribution in [0, 0.1) is 0 Å². The standard InChI is InChI=1S/C16H25N3O2/c1-19(2)14-7-5-13(6-8-14)9-10-17-16(20)18-12-15-4-3-11-21-15/h5-8,15H,3-4,9-12H2,1-2H3,(H2,17,18,20)/t15-/m0/s1. The summed E-state index contributed by atoms with van der Waals surface area (Å²) in [5.74, 6) is 0. The van der Waals surface area contributed by atoms with Gasteiger partial charge < -0.3 is 20.3 Å². The van der Waals surface area contributed by atoms with Crippen LogP contribution in [0.4, 0.5) is 10.5 Å². The quantitative estimate of drug-likeness (QED) is 0.840. The Morgan fingerprint density at radius 2 is 2.05 bits per heavy atom. The number of nitrogens with zero attached hydrogens (tertiary/aromatic N) is 1. The van der Waals surface area contributed by atoms with Gasteiger partial charge in [0, 0.05) is 39.5 Å². The molecule has 0 spiro atoms. The number of urea groups is 1. The molecule has 5 nitrogen and oxygen atoms in total. The molecule has 1 aliphatic heterocycles. The second-order valence-corrected chi connectivity index (χ2v) is 5.58. The summed E-state index contributed by atoms with van der Waals surface area (Å²) >= 11 is 0. The predicted octanol–water partition coefficient (Wildman–Crippen LogP) is 1.77. The summed E-state index contributed by atoms with van der Waals surface area (Å²) in [6.45, 7) is 2.05. The van der Waals surface area contributed by atoms with E-state index in [1.807, 2.05) is 14.1 Å². The molecule has 5 heteroatoms. The van der Waals surface area contributed by atoms with E-state index in [0.717, 1.165) is 25.9 Å². The minimum absolute atomic E-state index is 0.115. The molecule has 1 saturated heterocycles. The van der Waals surface area contributed by atoms with Crippen LogP contribution in [0.1, 0.15) is 18.4 Å². The van der Waals surface area contributed by atoms with Crippen molar-refractivity contribution in [2.75, 3.05) is 38.7 Å². The van der Waals surface area contributed by atoms with Gasteiger partial charge in [0.1, 0.15) is 0 Å². The second kappa shape index (κ2) is 7.88. The second-order valence-electron chi connectivity index (χ2n) is 5.58. The van der Waals surface area contributed by atoms with E-state index in [1.165, 1.54) is 11.3 Å². The first-order valence-electron chi connectivity index (χ1n) is 7.55. The fourth-order valence-electron chi connectivity index (χ4n) is 2.36. The van der Waals surface area contributed by atoms with Gasteiger partial charge in [0.25, 0.3) is 0 Å². The molecule has 0 saturated carbocycles. The normalized spacial score (nSPS) is 17.5. The number of hydrogen-bond donors (Lipinski definition) is 2. The van der Waals surface area contributed by atoms with Crippen LogP contribution in [-0.2, 0) is 11.2 Å². The Hall–Kier alpha value is -1.75. The fourth-order valence-corrected chi connectivity index (χ4v) is 2.36. The van der Waals surface area contributed by atoms with Crippen molar-refractivity contribution in [3.8, 4) is 0 Å². The summed E-state index contributed by atoms with van der Waals surface area (Å²) in [6, 6.07) is 8.26. The fraction of sp³-hybridized carbons (Fsp3) is 0.562. The molecule has 0 radical (unpaired) electrons. The lowest BCUT2D eigenvalue weighted by Gasteiger charge is -2.13. The van der Waals surface area contributed by atoms with E-state index in [0.29, 0.717) is 13.1 Å². The topological polar surface area (TPSA) is 53.6 Å². The van der Waals surface area contributed by atoms with Gasteiger partial charge in [-0.05, 0) is 37.0 Å². The molecular weight excluding hydrogens is 266 g/mol. The molecule has 0 unspecified atom stereocenters. The van der Waals surface area contributed by atoms with Crippen molar-refractivity contribution in [2.24, 2.45) is 0 Å². The summed E-state index contributed by atoms with van der Waals surface area (Å²) < 4.78 is 5.46. The van der Waals surface area contributed by atoms with E-state index < -0.39 is 0 Å². The van der Waals surface area contributed by atoms with Gasteiger partial charge in [-0.2, -0.15) is 0 Å². The van der Waals surface area contributed by atoms with Gasteiger partial charge in [-0.1, -0.05) is 12.1 Å². The number of anilines is 1. The van der Waals surface area contributed by atoms with Crippen LogP contribution in [0.15, 0.2) is 24.3 Å². The Labute approximate surface area is 126 Å². The highest BCUT2D eigenvalue weighted by atomic mass is 16.5. The zero-order valence-corrected chi connectivity index (χ0v) is 12.9. The molecule has 1 aliphatic rings. The first kappa shape index (κ1) is 15.6.